The highest BCUT2D eigenvalue weighted by molar-refractivity contribution is 5.80. The highest BCUT2D eigenvalue weighted by Crippen LogP contribution is 2.07. The highest BCUT2D eigenvalue weighted by Gasteiger charge is 2.32. The predicted octanol–water partition coefficient (Wildman–Crippen LogP) is -1.69. The molecule has 0 saturated carbocycles. The van der Waals surface area contributed by atoms with E-state index in [0.717, 1.165) is 26.2 Å². The third-order valence-corrected chi connectivity index (χ3v) is 2.94. The molecule has 5 nitrogen and oxygen atoms in total. The van der Waals surface area contributed by atoms with E-state index in [-0.39, 0.29) is 24.0 Å². The molecule has 5 heteroatoms. The first-order chi connectivity index (χ1) is 6.81. The fourth-order valence-electron chi connectivity index (χ4n) is 1.82. The standard InChI is InChI=1S/C9H17N3O2/c1-14-8-5-11-4-7(8)12-9(13)6-2-10-3-6/h6-8,10-11H,2-5H2,1H3,(H,12,13)/t7?,8-/m0/s1. The maximum absolute atomic E-state index is 11.6. The van der Waals surface area contributed by atoms with E-state index >= 15 is 0 Å². The quantitative estimate of drug-likeness (QED) is 0.507. The second-order valence-electron chi connectivity index (χ2n) is 3.90. The van der Waals surface area contributed by atoms with Gasteiger partial charge in [0.1, 0.15) is 0 Å². The number of hydrogen-bond acceptors (Lipinski definition) is 4. The third kappa shape index (κ3) is 1.89. The topological polar surface area (TPSA) is 62.4 Å². The van der Waals surface area contributed by atoms with Gasteiger partial charge in [-0.05, 0) is 0 Å². The monoisotopic (exact) mass is 199 g/mol. The summed E-state index contributed by atoms with van der Waals surface area (Å²) in [6, 6.07) is 0.132. The predicted molar refractivity (Wildman–Crippen MR) is 52.0 cm³/mol. The molecule has 2 saturated heterocycles. The van der Waals surface area contributed by atoms with E-state index < -0.39 is 0 Å². The summed E-state index contributed by atoms with van der Waals surface area (Å²) in [5.74, 6) is 0.313. The Morgan fingerprint density at radius 1 is 1.29 bits per heavy atom. The Morgan fingerprint density at radius 2 is 2.00 bits per heavy atom. The zero-order valence-electron chi connectivity index (χ0n) is 8.38. The van der Waals surface area contributed by atoms with Crippen LogP contribution < -0.4 is 16.0 Å². The fourth-order valence-corrected chi connectivity index (χ4v) is 1.82. The summed E-state index contributed by atoms with van der Waals surface area (Å²) in [6.07, 6.45) is 0.118. The van der Waals surface area contributed by atoms with Gasteiger partial charge in [-0.15, -0.1) is 0 Å². The third-order valence-electron chi connectivity index (χ3n) is 2.94. The molecule has 2 rings (SSSR count). The Balaban J connectivity index is 1.80. The Kier molecular flexibility index (Phi) is 3.00. The van der Waals surface area contributed by atoms with Crippen molar-refractivity contribution in [1.82, 2.24) is 16.0 Å². The van der Waals surface area contributed by atoms with Gasteiger partial charge in [0.15, 0.2) is 0 Å². The molecule has 0 bridgehead atoms. The maximum Gasteiger partial charge on any atom is 0.226 e. The molecular weight excluding hydrogens is 182 g/mol. The fraction of sp³-hybridized carbons (Fsp3) is 0.889. The second-order valence-corrected chi connectivity index (χ2v) is 3.90. The van der Waals surface area contributed by atoms with Crippen molar-refractivity contribution in [3.8, 4) is 0 Å². The zero-order chi connectivity index (χ0) is 9.97. The van der Waals surface area contributed by atoms with Gasteiger partial charge in [-0.25, -0.2) is 0 Å². The summed E-state index contributed by atoms with van der Waals surface area (Å²) in [6.45, 7) is 3.25. The van der Waals surface area contributed by atoms with Crippen LogP contribution in [0.3, 0.4) is 0 Å². The summed E-state index contributed by atoms with van der Waals surface area (Å²) in [4.78, 5) is 11.6. The van der Waals surface area contributed by atoms with Gasteiger partial charge in [0.25, 0.3) is 0 Å². The molecule has 0 aromatic heterocycles. The second kappa shape index (κ2) is 4.25. The Bertz CT molecular complexity index is 218. The number of amides is 1. The molecule has 0 aliphatic carbocycles. The lowest BCUT2D eigenvalue weighted by Gasteiger charge is -2.28. The van der Waals surface area contributed by atoms with Crippen molar-refractivity contribution >= 4 is 5.91 Å². The van der Waals surface area contributed by atoms with Crippen LogP contribution in [-0.2, 0) is 9.53 Å². The van der Waals surface area contributed by atoms with Crippen molar-refractivity contribution in [2.24, 2.45) is 5.92 Å². The van der Waals surface area contributed by atoms with E-state index in [0.29, 0.717) is 0 Å². The van der Waals surface area contributed by atoms with Crippen LogP contribution >= 0.6 is 0 Å². The Labute approximate surface area is 83.6 Å². The van der Waals surface area contributed by atoms with Gasteiger partial charge in [0.05, 0.1) is 18.1 Å². The molecule has 0 radical (unpaired) electrons. The number of nitrogens with one attached hydrogen (secondary N) is 3. The smallest absolute Gasteiger partial charge is 0.226 e. The molecule has 0 spiro atoms. The van der Waals surface area contributed by atoms with Crippen molar-refractivity contribution in [3.63, 3.8) is 0 Å². The van der Waals surface area contributed by atoms with Gasteiger partial charge < -0.3 is 20.7 Å². The maximum atomic E-state index is 11.6. The first-order valence-electron chi connectivity index (χ1n) is 5.06. The van der Waals surface area contributed by atoms with Crippen LogP contribution in [0.2, 0.25) is 0 Å². The van der Waals surface area contributed by atoms with Crippen LogP contribution in [0.1, 0.15) is 0 Å². The molecule has 2 aliphatic rings. The molecule has 80 valence electrons. The van der Waals surface area contributed by atoms with Crippen molar-refractivity contribution in [2.45, 2.75) is 12.1 Å². The van der Waals surface area contributed by atoms with Crippen LogP contribution in [0, 0.1) is 5.92 Å². The van der Waals surface area contributed by atoms with Gasteiger partial charge in [-0.2, -0.15) is 0 Å². The molecule has 3 N–H and O–H groups in total. The molecular formula is C9H17N3O2. The van der Waals surface area contributed by atoms with Crippen LogP contribution in [-0.4, -0.2) is 51.3 Å². The average Bonchev–Trinajstić information content (AvgIpc) is 2.48. The summed E-state index contributed by atoms with van der Waals surface area (Å²) in [5, 5.41) is 9.30. The molecule has 0 aromatic rings. The first-order valence-corrected chi connectivity index (χ1v) is 5.06. The van der Waals surface area contributed by atoms with Crippen molar-refractivity contribution < 1.29 is 9.53 Å². The van der Waals surface area contributed by atoms with Crippen molar-refractivity contribution in [2.75, 3.05) is 33.3 Å². The van der Waals surface area contributed by atoms with Gasteiger partial charge >= 0.3 is 0 Å². The molecule has 2 atom stereocenters. The highest BCUT2D eigenvalue weighted by atomic mass is 16.5. The number of hydrogen-bond donors (Lipinski definition) is 3. The Hall–Kier alpha value is -0.650. The lowest BCUT2D eigenvalue weighted by atomic mass is 10.0. The first kappa shape index (κ1) is 9.89. The normalized spacial score (nSPS) is 32.6. The van der Waals surface area contributed by atoms with Gasteiger partial charge in [0.2, 0.25) is 5.91 Å². The minimum absolute atomic E-state index is 0.118. The number of carbonyl (C=O) groups excluding carboxylic acids is 1. The van der Waals surface area contributed by atoms with E-state index in [1.165, 1.54) is 0 Å². The lowest BCUT2D eigenvalue weighted by Crippen LogP contribution is -2.54. The minimum atomic E-state index is 0.118. The van der Waals surface area contributed by atoms with E-state index in [1.807, 2.05) is 0 Å². The molecule has 1 amide bonds. The van der Waals surface area contributed by atoms with Crippen LogP contribution in [0.25, 0.3) is 0 Å². The van der Waals surface area contributed by atoms with Gasteiger partial charge in [-0.3, -0.25) is 4.79 Å². The Morgan fingerprint density at radius 3 is 2.57 bits per heavy atom. The zero-order valence-corrected chi connectivity index (χ0v) is 8.38. The van der Waals surface area contributed by atoms with Gasteiger partial charge in [-0.1, -0.05) is 0 Å². The molecule has 2 aliphatic heterocycles. The molecule has 0 aromatic carbocycles. The van der Waals surface area contributed by atoms with Crippen LogP contribution in [0.15, 0.2) is 0 Å². The lowest BCUT2D eigenvalue weighted by molar-refractivity contribution is -0.127. The largest absolute Gasteiger partial charge is 0.378 e. The van der Waals surface area contributed by atoms with E-state index in [4.69, 9.17) is 4.74 Å². The number of methoxy groups -OCH3 is 1. The van der Waals surface area contributed by atoms with Crippen LogP contribution in [0.5, 0.6) is 0 Å². The summed E-state index contributed by atoms with van der Waals surface area (Å²) in [5.41, 5.74) is 0. The molecule has 2 fully saturated rings. The van der Waals surface area contributed by atoms with Crippen molar-refractivity contribution in [3.05, 3.63) is 0 Å². The summed E-state index contributed by atoms with van der Waals surface area (Å²) >= 11 is 0. The minimum Gasteiger partial charge on any atom is -0.378 e. The van der Waals surface area contributed by atoms with E-state index in [1.54, 1.807) is 7.11 Å². The average molecular weight is 199 g/mol. The SMILES string of the molecule is CO[C@H]1CNCC1NC(=O)C1CNC1. The number of ether oxygens (including phenoxy) is 1. The molecule has 2 heterocycles. The number of carbonyl (C=O) groups is 1. The van der Waals surface area contributed by atoms with E-state index in [2.05, 4.69) is 16.0 Å². The van der Waals surface area contributed by atoms with Crippen molar-refractivity contribution in [1.29, 1.82) is 0 Å². The summed E-state index contributed by atoms with van der Waals surface area (Å²) < 4.78 is 5.26. The molecule has 14 heavy (non-hydrogen) atoms. The van der Waals surface area contributed by atoms with Gasteiger partial charge in [0, 0.05) is 33.3 Å². The molecule has 1 unspecified atom stereocenters. The number of rotatable bonds is 3. The van der Waals surface area contributed by atoms with Crippen LogP contribution in [0.4, 0.5) is 0 Å². The van der Waals surface area contributed by atoms with E-state index in [9.17, 15) is 4.79 Å². The summed E-state index contributed by atoms with van der Waals surface area (Å²) in [7, 11) is 1.68.